The van der Waals surface area contributed by atoms with Gasteiger partial charge in [-0.1, -0.05) is 12.1 Å². The van der Waals surface area contributed by atoms with Crippen molar-refractivity contribution < 1.29 is 40.6 Å². The molecule has 0 spiro atoms. The molecule has 1 aliphatic heterocycles. The number of benzene rings is 2. The van der Waals surface area contributed by atoms with Crippen LogP contribution in [0.2, 0.25) is 0 Å². The zero-order valence-corrected chi connectivity index (χ0v) is 19.7. The highest BCUT2D eigenvalue weighted by molar-refractivity contribution is 6.06. The van der Waals surface area contributed by atoms with E-state index in [1.807, 2.05) is 0 Å². The van der Waals surface area contributed by atoms with Gasteiger partial charge in [-0.15, -0.1) is 0 Å². The maximum absolute atomic E-state index is 13.2. The molecule has 1 amide bonds. The molecular weight excluding hydrogens is 506 g/mol. The Morgan fingerprint density at radius 2 is 1.68 bits per heavy atom. The van der Waals surface area contributed by atoms with Crippen LogP contribution in [0.25, 0.3) is 10.9 Å². The molecule has 4 rings (SSSR count). The standard InChI is InChI=1S/C24H24F6N4O3/c1-36-19-4-2-3-18-20(32-34(21(18)19)6-5-33-7-9-37-10-8-33)22(35)31-14-15-11-16(23(25,26)27)13-17(12-15)24(28,29)30/h2-4,11-13H,5-10,14H2,1H3,(H,31,35). The molecule has 0 unspecified atom stereocenters. The van der Waals surface area contributed by atoms with Gasteiger partial charge in [0.2, 0.25) is 0 Å². The summed E-state index contributed by atoms with van der Waals surface area (Å²) in [4.78, 5) is 15.2. The van der Waals surface area contributed by atoms with Gasteiger partial charge in [0.1, 0.15) is 11.3 Å². The second kappa shape index (κ2) is 10.6. The van der Waals surface area contributed by atoms with E-state index < -0.39 is 35.9 Å². The fourth-order valence-corrected chi connectivity index (χ4v) is 4.15. The van der Waals surface area contributed by atoms with Crippen molar-refractivity contribution in [3.05, 3.63) is 58.8 Å². The molecule has 0 radical (unpaired) electrons. The minimum Gasteiger partial charge on any atom is -0.494 e. The monoisotopic (exact) mass is 530 g/mol. The number of nitrogens with zero attached hydrogens (tertiary/aromatic N) is 3. The van der Waals surface area contributed by atoms with Gasteiger partial charge in [-0.25, -0.2) is 0 Å². The third kappa shape index (κ3) is 6.16. The van der Waals surface area contributed by atoms with Gasteiger partial charge in [0.25, 0.3) is 5.91 Å². The number of para-hydroxylation sites is 1. The Bertz CT molecular complexity index is 1230. The van der Waals surface area contributed by atoms with Crippen molar-refractivity contribution in [2.75, 3.05) is 40.0 Å². The van der Waals surface area contributed by atoms with Gasteiger partial charge in [-0.05, 0) is 29.8 Å². The van der Waals surface area contributed by atoms with Crippen LogP contribution < -0.4 is 10.1 Å². The molecule has 1 fully saturated rings. The molecule has 2 aromatic carbocycles. The van der Waals surface area contributed by atoms with Crippen LogP contribution in [0.5, 0.6) is 5.75 Å². The largest absolute Gasteiger partial charge is 0.494 e. The summed E-state index contributed by atoms with van der Waals surface area (Å²) in [7, 11) is 1.47. The first-order chi connectivity index (χ1) is 17.5. The van der Waals surface area contributed by atoms with Crippen molar-refractivity contribution in [2.24, 2.45) is 0 Å². The number of amides is 1. The molecule has 0 saturated carbocycles. The molecule has 1 aliphatic rings. The van der Waals surface area contributed by atoms with E-state index in [0.29, 0.717) is 55.1 Å². The lowest BCUT2D eigenvalue weighted by Crippen LogP contribution is -2.38. The molecule has 0 aliphatic carbocycles. The number of alkyl halides is 6. The molecule has 13 heteroatoms. The van der Waals surface area contributed by atoms with Crippen LogP contribution in [-0.4, -0.2) is 60.5 Å². The van der Waals surface area contributed by atoms with E-state index in [1.54, 1.807) is 22.9 Å². The molecule has 0 bridgehead atoms. The number of morpholine rings is 1. The first-order valence-electron chi connectivity index (χ1n) is 11.4. The average molecular weight is 530 g/mol. The van der Waals surface area contributed by atoms with Crippen LogP contribution in [-0.2, 0) is 30.2 Å². The number of hydrogen-bond acceptors (Lipinski definition) is 5. The van der Waals surface area contributed by atoms with E-state index in [-0.39, 0.29) is 17.3 Å². The number of fused-ring (bicyclic) bond motifs is 1. The van der Waals surface area contributed by atoms with E-state index in [9.17, 15) is 31.1 Å². The molecule has 200 valence electrons. The first kappa shape index (κ1) is 26.7. The number of nitrogens with one attached hydrogen (secondary N) is 1. The summed E-state index contributed by atoms with van der Waals surface area (Å²) in [6.45, 7) is 3.22. The number of halogens is 6. The number of carbonyl (C=O) groups is 1. The molecule has 2 heterocycles. The molecule has 0 atom stereocenters. The Balaban J connectivity index is 1.59. The number of ether oxygens (including phenoxy) is 2. The second-order valence-corrected chi connectivity index (χ2v) is 8.48. The Morgan fingerprint density at radius 1 is 1.03 bits per heavy atom. The lowest BCUT2D eigenvalue weighted by molar-refractivity contribution is -0.143. The van der Waals surface area contributed by atoms with Gasteiger partial charge in [0.05, 0.1) is 38.0 Å². The highest BCUT2D eigenvalue weighted by Crippen LogP contribution is 2.36. The maximum Gasteiger partial charge on any atom is 0.416 e. The molecule has 1 saturated heterocycles. The molecule has 7 nitrogen and oxygen atoms in total. The van der Waals surface area contributed by atoms with E-state index >= 15 is 0 Å². The summed E-state index contributed by atoms with van der Waals surface area (Å²) in [6, 6.07) is 6.22. The Morgan fingerprint density at radius 3 is 2.27 bits per heavy atom. The smallest absolute Gasteiger partial charge is 0.416 e. The summed E-state index contributed by atoms with van der Waals surface area (Å²) in [5, 5.41) is 7.26. The Kier molecular flexibility index (Phi) is 7.64. The predicted octanol–water partition coefficient (Wildman–Crippen LogP) is 4.34. The fourth-order valence-electron chi connectivity index (χ4n) is 4.15. The van der Waals surface area contributed by atoms with Gasteiger partial charge in [-0.3, -0.25) is 14.4 Å². The third-order valence-electron chi connectivity index (χ3n) is 6.00. The summed E-state index contributed by atoms with van der Waals surface area (Å²) in [5.74, 6) is -0.270. The van der Waals surface area contributed by atoms with Gasteiger partial charge in [0.15, 0.2) is 5.69 Å². The molecular formula is C24H24F6N4O3. The van der Waals surface area contributed by atoms with Gasteiger partial charge in [0, 0.05) is 31.6 Å². The zero-order valence-electron chi connectivity index (χ0n) is 19.7. The van der Waals surface area contributed by atoms with Crippen molar-refractivity contribution >= 4 is 16.8 Å². The third-order valence-corrected chi connectivity index (χ3v) is 6.00. The van der Waals surface area contributed by atoms with Crippen molar-refractivity contribution in [3.8, 4) is 5.75 Å². The number of aromatic nitrogens is 2. The minimum atomic E-state index is -4.98. The summed E-state index contributed by atoms with van der Waals surface area (Å²) >= 11 is 0. The molecule has 1 aromatic heterocycles. The Labute approximate surface area is 207 Å². The highest BCUT2D eigenvalue weighted by atomic mass is 19.4. The van der Waals surface area contributed by atoms with Gasteiger partial charge >= 0.3 is 12.4 Å². The fraction of sp³-hybridized carbons (Fsp3) is 0.417. The van der Waals surface area contributed by atoms with Crippen LogP contribution >= 0.6 is 0 Å². The normalized spacial score (nSPS) is 15.2. The predicted molar refractivity (Wildman–Crippen MR) is 121 cm³/mol. The number of methoxy groups -OCH3 is 1. The molecule has 3 aromatic rings. The summed E-state index contributed by atoms with van der Waals surface area (Å²) < 4.78 is 91.4. The van der Waals surface area contributed by atoms with Crippen LogP contribution in [0.1, 0.15) is 27.2 Å². The topological polar surface area (TPSA) is 68.6 Å². The number of hydrogen-bond donors (Lipinski definition) is 1. The van der Waals surface area contributed by atoms with Crippen molar-refractivity contribution in [1.29, 1.82) is 0 Å². The van der Waals surface area contributed by atoms with Crippen molar-refractivity contribution in [2.45, 2.75) is 25.4 Å². The maximum atomic E-state index is 13.2. The van der Waals surface area contributed by atoms with Gasteiger partial charge in [-0.2, -0.15) is 31.4 Å². The van der Waals surface area contributed by atoms with Crippen LogP contribution in [0.3, 0.4) is 0 Å². The lowest BCUT2D eigenvalue weighted by atomic mass is 10.0. The molecule has 37 heavy (non-hydrogen) atoms. The van der Waals surface area contributed by atoms with Crippen LogP contribution in [0.15, 0.2) is 36.4 Å². The van der Waals surface area contributed by atoms with Crippen LogP contribution in [0, 0.1) is 0 Å². The van der Waals surface area contributed by atoms with E-state index in [2.05, 4.69) is 15.3 Å². The number of rotatable bonds is 7. The van der Waals surface area contributed by atoms with E-state index in [1.165, 1.54) is 7.11 Å². The first-order valence-corrected chi connectivity index (χ1v) is 11.4. The summed E-state index contributed by atoms with van der Waals surface area (Å²) in [5.41, 5.74) is -2.70. The minimum absolute atomic E-state index is 0.0149. The zero-order chi connectivity index (χ0) is 26.8. The quantitative estimate of drug-likeness (QED) is 0.461. The SMILES string of the molecule is COc1cccc2c(C(=O)NCc3cc(C(F)(F)F)cc(C(F)(F)F)c3)nn(CCN3CCOCC3)c12. The van der Waals surface area contributed by atoms with Crippen LogP contribution in [0.4, 0.5) is 26.3 Å². The lowest BCUT2D eigenvalue weighted by Gasteiger charge is -2.26. The number of carbonyl (C=O) groups excluding carboxylic acids is 1. The average Bonchev–Trinajstić information content (AvgIpc) is 3.24. The van der Waals surface area contributed by atoms with Crippen molar-refractivity contribution in [3.63, 3.8) is 0 Å². The Hall–Kier alpha value is -3.32. The van der Waals surface area contributed by atoms with Crippen molar-refractivity contribution in [1.82, 2.24) is 20.0 Å². The van der Waals surface area contributed by atoms with E-state index in [4.69, 9.17) is 9.47 Å². The second-order valence-electron chi connectivity index (χ2n) is 8.48. The molecule has 1 N–H and O–H groups in total. The van der Waals surface area contributed by atoms with E-state index in [0.717, 1.165) is 13.1 Å². The van der Waals surface area contributed by atoms with Gasteiger partial charge < -0.3 is 14.8 Å². The summed E-state index contributed by atoms with van der Waals surface area (Å²) in [6.07, 6.45) is -9.96. The highest BCUT2D eigenvalue weighted by Gasteiger charge is 2.37.